The van der Waals surface area contributed by atoms with Crippen molar-refractivity contribution >= 4 is 15.7 Å². The number of rotatable bonds is 7. The summed E-state index contributed by atoms with van der Waals surface area (Å²) in [6.07, 6.45) is -1.36. The first-order chi connectivity index (χ1) is 17.0. The number of piperidine rings is 1. The topological polar surface area (TPSA) is 125 Å². The number of alkyl halides is 3. The summed E-state index contributed by atoms with van der Waals surface area (Å²) in [5.41, 5.74) is 1.54. The van der Waals surface area contributed by atoms with Crippen LogP contribution < -0.4 is 10.2 Å². The van der Waals surface area contributed by atoms with Crippen molar-refractivity contribution in [3.63, 3.8) is 0 Å². The third kappa shape index (κ3) is 5.08. The second-order valence-electron chi connectivity index (χ2n) is 8.39. The Labute approximate surface area is 204 Å². The summed E-state index contributed by atoms with van der Waals surface area (Å²) in [5, 5.41) is 9.33. The molecule has 4 rings (SSSR count). The molecule has 0 bridgehead atoms. The Hall–Kier alpha value is -3.42. The Balaban J connectivity index is 1.51. The van der Waals surface area contributed by atoms with Crippen LogP contribution in [0, 0.1) is 0 Å². The molecule has 1 amide bonds. The van der Waals surface area contributed by atoms with Gasteiger partial charge in [0.15, 0.2) is 14.6 Å². The normalized spacial score (nSPS) is 16.4. The maximum Gasteiger partial charge on any atom is 0.416 e. The Bertz CT molecular complexity index is 1290. The number of aromatic amines is 1. The Kier molecular flexibility index (Phi) is 7.07. The standard InChI is InChI=1S/C23H23F3N4O5S/c24-23(25,26)16-1-3-18(4-2-16)35-19-5-7-20(8-6-19)36(33,34)22(21(31)29-32)9-11-30(12-10-22)14-17-13-27-15-28-17/h1-8,13,15,32H,9-12,14H2,(H,27,28)(H,29,31). The van der Waals surface area contributed by atoms with Crippen molar-refractivity contribution in [1.82, 2.24) is 20.3 Å². The van der Waals surface area contributed by atoms with Gasteiger partial charge in [-0.05, 0) is 61.4 Å². The van der Waals surface area contributed by atoms with Crippen LogP contribution in [0.3, 0.4) is 0 Å². The number of likely N-dealkylation sites (tertiary alicyclic amines) is 1. The quantitative estimate of drug-likeness (QED) is 0.319. The number of nitrogens with one attached hydrogen (secondary N) is 2. The molecule has 13 heteroatoms. The molecule has 1 aromatic heterocycles. The third-order valence-electron chi connectivity index (χ3n) is 6.19. The monoisotopic (exact) mass is 524 g/mol. The van der Waals surface area contributed by atoms with E-state index in [0.717, 1.165) is 30.0 Å². The highest BCUT2D eigenvalue weighted by Gasteiger charge is 2.53. The van der Waals surface area contributed by atoms with Crippen LogP contribution >= 0.6 is 0 Å². The van der Waals surface area contributed by atoms with E-state index in [0.29, 0.717) is 19.6 Å². The van der Waals surface area contributed by atoms with Gasteiger partial charge in [-0.1, -0.05) is 0 Å². The van der Waals surface area contributed by atoms with Gasteiger partial charge in [-0.3, -0.25) is 14.9 Å². The summed E-state index contributed by atoms with van der Waals surface area (Å²) in [7, 11) is -4.23. The van der Waals surface area contributed by atoms with Crippen LogP contribution in [-0.4, -0.2) is 52.2 Å². The van der Waals surface area contributed by atoms with Crippen molar-refractivity contribution in [1.29, 1.82) is 0 Å². The predicted octanol–water partition coefficient (Wildman–Crippen LogP) is 3.53. The summed E-state index contributed by atoms with van der Waals surface area (Å²) < 4.78 is 69.0. The van der Waals surface area contributed by atoms with E-state index in [-0.39, 0.29) is 29.2 Å². The van der Waals surface area contributed by atoms with E-state index in [4.69, 9.17) is 4.74 Å². The van der Waals surface area contributed by atoms with Crippen LogP contribution in [0.5, 0.6) is 11.5 Å². The first-order valence-corrected chi connectivity index (χ1v) is 12.4. The van der Waals surface area contributed by atoms with Gasteiger partial charge in [-0.2, -0.15) is 13.2 Å². The van der Waals surface area contributed by atoms with Crippen molar-refractivity contribution in [3.05, 3.63) is 72.3 Å². The number of imidazole rings is 1. The van der Waals surface area contributed by atoms with Gasteiger partial charge in [0, 0.05) is 31.5 Å². The molecule has 0 radical (unpaired) electrons. The number of hydroxylamine groups is 1. The van der Waals surface area contributed by atoms with Crippen LogP contribution in [-0.2, 0) is 27.4 Å². The number of carbonyl (C=O) groups is 1. The van der Waals surface area contributed by atoms with Crippen LogP contribution in [0.2, 0.25) is 0 Å². The predicted molar refractivity (Wildman–Crippen MR) is 121 cm³/mol. The number of amides is 1. The number of carbonyl (C=O) groups excluding carboxylic acids is 1. The second-order valence-corrected chi connectivity index (χ2v) is 10.6. The smallest absolute Gasteiger partial charge is 0.416 e. The molecule has 0 aliphatic carbocycles. The van der Waals surface area contributed by atoms with Gasteiger partial charge in [-0.15, -0.1) is 0 Å². The lowest BCUT2D eigenvalue weighted by molar-refractivity contribution is -0.137. The number of aromatic nitrogens is 2. The fourth-order valence-corrected chi connectivity index (χ4v) is 6.12. The van der Waals surface area contributed by atoms with Gasteiger partial charge in [-0.25, -0.2) is 18.9 Å². The maximum atomic E-state index is 13.6. The molecule has 2 heterocycles. The molecule has 9 nitrogen and oxygen atoms in total. The molecular formula is C23H23F3N4O5S. The zero-order valence-corrected chi connectivity index (χ0v) is 19.6. The number of H-pyrrole nitrogens is 1. The van der Waals surface area contributed by atoms with Gasteiger partial charge in [0.2, 0.25) is 0 Å². The summed E-state index contributed by atoms with van der Waals surface area (Å²) in [4.78, 5) is 21.4. The second kappa shape index (κ2) is 9.91. The molecule has 1 aliphatic heterocycles. The summed E-state index contributed by atoms with van der Waals surface area (Å²) in [5.74, 6) is -0.670. The summed E-state index contributed by atoms with van der Waals surface area (Å²) >= 11 is 0. The Morgan fingerprint density at radius 2 is 1.67 bits per heavy atom. The molecule has 3 N–H and O–H groups in total. The first kappa shape index (κ1) is 25.7. The highest BCUT2D eigenvalue weighted by Crippen LogP contribution is 2.37. The minimum atomic E-state index is -4.47. The van der Waals surface area contributed by atoms with Crippen molar-refractivity contribution in [2.75, 3.05) is 13.1 Å². The minimum Gasteiger partial charge on any atom is -0.457 e. The van der Waals surface area contributed by atoms with Crippen LogP contribution in [0.4, 0.5) is 13.2 Å². The number of hydrogen-bond acceptors (Lipinski definition) is 7. The summed E-state index contributed by atoms with van der Waals surface area (Å²) in [6.45, 7) is 1.09. The SMILES string of the molecule is O=C(NO)C1(S(=O)(=O)c2ccc(Oc3ccc(C(F)(F)F)cc3)cc2)CCN(Cc2cnc[nH]2)CC1. The number of nitrogens with zero attached hydrogens (tertiary/aromatic N) is 2. The average molecular weight is 525 g/mol. The van der Waals surface area contributed by atoms with Gasteiger partial charge < -0.3 is 9.72 Å². The van der Waals surface area contributed by atoms with Crippen molar-refractivity contribution in [2.24, 2.45) is 0 Å². The van der Waals surface area contributed by atoms with Gasteiger partial charge >= 0.3 is 6.18 Å². The molecule has 36 heavy (non-hydrogen) atoms. The minimum absolute atomic E-state index is 0.0420. The molecule has 1 aliphatic rings. The molecule has 1 saturated heterocycles. The van der Waals surface area contributed by atoms with E-state index >= 15 is 0 Å². The zero-order chi connectivity index (χ0) is 26.0. The lowest BCUT2D eigenvalue weighted by atomic mass is 9.94. The van der Waals surface area contributed by atoms with E-state index in [1.54, 1.807) is 6.20 Å². The number of benzene rings is 2. The number of halogens is 3. The number of sulfone groups is 1. The molecular weight excluding hydrogens is 501 g/mol. The number of ether oxygens (including phenoxy) is 1. The van der Waals surface area contributed by atoms with Crippen molar-refractivity contribution < 1.29 is 36.3 Å². The zero-order valence-electron chi connectivity index (χ0n) is 18.8. The third-order valence-corrected chi connectivity index (χ3v) is 8.71. The first-order valence-electron chi connectivity index (χ1n) is 10.9. The fourth-order valence-electron chi connectivity index (χ4n) is 4.16. The van der Waals surface area contributed by atoms with Crippen LogP contribution in [0.25, 0.3) is 0 Å². The van der Waals surface area contributed by atoms with E-state index in [1.807, 2.05) is 4.90 Å². The molecule has 2 aromatic carbocycles. The average Bonchev–Trinajstić information content (AvgIpc) is 3.37. The molecule has 3 aromatic rings. The van der Waals surface area contributed by atoms with Gasteiger partial charge in [0.1, 0.15) is 11.5 Å². The summed E-state index contributed by atoms with van der Waals surface area (Å²) in [6, 6.07) is 9.30. The Morgan fingerprint density at radius 3 is 2.17 bits per heavy atom. The van der Waals surface area contributed by atoms with Crippen molar-refractivity contribution in [3.8, 4) is 11.5 Å². The largest absolute Gasteiger partial charge is 0.457 e. The fraction of sp³-hybridized carbons (Fsp3) is 0.304. The van der Waals surface area contributed by atoms with E-state index in [1.165, 1.54) is 36.1 Å². The van der Waals surface area contributed by atoms with E-state index in [2.05, 4.69) is 9.97 Å². The van der Waals surface area contributed by atoms with Crippen LogP contribution in [0.15, 0.2) is 66.0 Å². The molecule has 1 fully saturated rings. The Morgan fingerprint density at radius 1 is 1.08 bits per heavy atom. The van der Waals surface area contributed by atoms with Crippen LogP contribution in [0.1, 0.15) is 24.1 Å². The highest BCUT2D eigenvalue weighted by atomic mass is 32.2. The maximum absolute atomic E-state index is 13.6. The van der Waals surface area contributed by atoms with Crippen molar-refractivity contribution in [2.45, 2.75) is 35.2 Å². The van der Waals surface area contributed by atoms with E-state index < -0.39 is 32.2 Å². The molecule has 0 spiro atoms. The molecule has 0 unspecified atom stereocenters. The highest BCUT2D eigenvalue weighted by molar-refractivity contribution is 7.93. The van der Waals surface area contributed by atoms with E-state index in [9.17, 15) is 31.6 Å². The number of hydrogen-bond donors (Lipinski definition) is 3. The van der Waals surface area contributed by atoms with Gasteiger partial charge in [0.05, 0.1) is 16.8 Å². The molecule has 192 valence electrons. The molecule has 0 saturated carbocycles. The lowest BCUT2D eigenvalue weighted by Crippen LogP contribution is -2.57. The molecule has 0 atom stereocenters. The van der Waals surface area contributed by atoms with Gasteiger partial charge in [0.25, 0.3) is 5.91 Å². The lowest BCUT2D eigenvalue weighted by Gasteiger charge is -2.39.